The van der Waals surface area contributed by atoms with Crippen molar-refractivity contribution in [2.45, 2.75) is 19.8 Å². The van der Waals surface area contributed by atoms with Crippen molar-refractivity contribution in [3.8, 4) is 0 Å². The first-order valence-electron chi connectivity index (χ1n) is 7.81. The van der Waals surface area contributed by atoms with Crippen LogP contribution in [0.5, 0.6) is 0 Å². The van der Waals surface area contributed by atoms with Crippen LogP contribution in [0.15, 0.2) is 24.3 Å². The molecule has 1 aliphatic rings. The zero-order valence-electron chi connectivity index (χ0n) is 13.1. The summed E-state index contributed by atoms with van der Waals surface area (Å²) in [6.45, 7) is 10.2. The molecule has 0 saturated carbocycles. The number of morpholine rings is 1. The zero-order chi connectivity index (χ0) is 15.1. The lowest BCUT2D eigenvalue weighted by Crippen LogP contribution is -2.41. The van der Waals surface area contributed by atoms with Gasteiger partial charge in [-0.15, -0.1) is 0 Å². The highest BCUT2D eigenvalue weighted by molar-refractivity contribution is 5.97. The van der Waals surface area contributed by atoms with E-state index in [1.54, 1.807) is 0 Å². The summed E-state index contributed by atoms with van der Waals surface area (Å²) in [4.78, 5) is 14.4. The number of benzene rings is 1. The van der Waals surface area contributed by atoms with Crippen LogP contribution in [0.1, 0.15) is 35.7 Å². The van der Waals surface area contributed by atoms with E-state index >= 15 is 0 Å². The summed E-state index contributed by atoms with van der Waals surface area (Å²) in [5, 5.41) is 3.24. The predicted molar refractivity (Wildman–Crippen MR) is 85.0 cm³/mol. The second-order valence-corrected chi connectivity index (χ2v) is 5.83. The van der Waals surface area contributed by atoms with Crippen molar-refractivity contribution in [2.75, 3.05) is 45.9 Å². The Morgan fingerprint density at radius 3 is 2.52 bits per heavy atom. The molecule has 0 bridgehead atoms. The summed E-state index contributed by atoms with van der Waals surface area (Å²) >= 11 is 0. The molecule has 21 heavy (non-hydrogen) atoms. The van der Waals surface area contributed by atoms with E-state index in [9.17, 15) is 4.79 Å². The average molecular weight is 290 g/mol. The molecule has 4 heteroatoms. The first-order chi connectivity index (χ1) is 10.2. The molecule has 1 N–H and O–H groups in total. The molecule has 0 unspecified atom stereocenters. The fraction of sp³-hybridized carbons (Fsp3) is 0.588. The number of carbonyl (C=O) groups is 1. The summed E-state index contributed by atoms with van der Waals surface area (Å²) in [5.74, 6) is 0.660. The maximum absolute atomic E-state index is 12.1. The van der Waals surface area contributed by atoms with Crippen LogP contribution >= 0.6 is 0 Å². The van der Waals surface area contributed by atoms with Gasteiger partial charge in [0.05, 0.1) is 19.8 Å². The Morgan fingerprint density at radius 2 is 1.90 bits per heavy atom. The Balaban J connectivity index is 1.69. The number of carbonyl (C=O) groups excluding carboxylic acids is 1. The van der Waals surface area contributed by atoms with E-state index in [4.69, 9.17) is 4.74 Å². The van der Waals surface area contributed by atoms with Crippen LogP contribution in [0.25, 0.3) is 0 Å². The van der Waals surface area contributed by atoms with E-state index in [2.05, 4.69) is 24.1 Å². The molecular weight excluding hydrogens is 264 g/mol. The first kappa shape index (κ1) is 16.1. The molecule has 0 aliphatic carbocycles. The highest BCUT2D eigenvalue weighted by Crippen LogP contribution is 2.14. The highest BCUT2D eigenvalue weighted by Gasteiger charge is 2.10. The SMILES string of the molecule is CC(C)c1ccc(C(=O)CNCCN2CCOCC2)cc1. The van der Waals surface area contributed by atoms with Gasteiger partial charge in [-0.25, -0.2) is 0 Å². The molecule has 0 spiro atoms. The van der Waals surface area contributed by atoms with Gasteiger partial charge in [-0.2, -0.15) is 0 Å². The van der Waals surface area contributed by atoms with Crippen LogP contribution in [0.4, 0.5) is 0 Å². The van der Waals surface area contributed by atoms with Crippen LogP contribution in [-0.4, -0.2) is 56.6 Å². The number of nitrogens with one attached hydrogen (secondary N) is 1. The molecular formula is C17H26N2O2. The van der Waals surface area contributed by atoms with Gasteiger partial charge in [0.1, 0.15) is 0 Å². The average Bonchev–Trinajstić information content (AvgIpc) is 2.52. The summed E-state index contributed by atoms with van der Waals surface area (Å²) in [6, 6.07) is 7.96. The zero-order valence-corrected chi connectivity index (χ0v) is 13.1. The highest BCUT2D eigenvalue weighted by atomic mass is 16.5. The first-order valence-corrected chi connectivity index (χ1v) is 7.81. The van der Waals surface area contributed by atoms with Crippen molar-refractivity contribution < 1.29 is 9.53 Å². The Hall–Kier alpha value is -1.23. The second-order valence-electron chi connectivity index (χ2n) is 5.83. The molecule has 1 heterocycles. The Labute approximate surface area is 127 Å². The van der Waals surface area contributed by atoms with Crippen LogP contribution in [-0.2, 0) is 4.74 Å². The fourth-order valence-corrected chi connectivity index (χ4v) is 2.42. The van der Waals surface area contributed by atoms with Gasteiger partial charge in [0, 0.05) is 31.7 Å². The second kappa shape index (κ2) is 8.27. The standard InChI is InChI=1S/C17H26N2O2/c1-14(2)15-3-5-16(6-4-15)17(20)13-18-7-8-19-9-11-21-12-10-19/h3-6,14,18H,7-13H2,1-2H3. The molecule has 0 atom stereocenters. The van der Waals surface area contributed by atoms with Gasteiger partial charge in [0.15, 0.2) is 5.78 Å². The monoisotopic (exact) mass is 290 g/mol. The molecule has 1 saturated heterocycles. The molecule has 0 radical (unpaired) electrons. The van der Waals surface area contributed by atoms with E-state index in [0.717, 1.165) is 45.0 Å². The molecule has 1 aromatic carbocycles. The van der Waals surface area contributed by atoms with Gasteiger partial charge in [0.25, 0.3) is 0 Å². The van der Waals surface area contributed by atoms with Gasteiger partial charge in [-0.05, 0) is 11.5 Å². The quantitative estimate of drug-likeness (QED) is 0.615. The van der Waals surface area contributed by atoms with Gasteiger partial charge < -0.3 is 10.1 Å². The van der Waals surface area contributed by atoms with Crippen molar-refractivity contribution in [1.82, 2.24) is 10.2 Å². The number of hydrogen-bond donors (Lipinski definition) is 1. The molecule has 0 aromatic heterocycles. The molecule has 1 aromatic rings. The number of nitrogens with zero attached hydrogens (tertiary/aromatic N) is 1. The van der Waals surface area contributed by atoms with E-state index in [1.165, 1.54) is 5.56 Å². The number of hydrogen-bond acceptors (Lipinski definition) is 4. The van der Waals surface area contributed by atoms with Crippen LogP contribution in [0.2, 0.25) is 0 Å². The third kappa shape index (κ3) is 5.23. The lowest BCUT2D eigenvalue weighted by molar-refractivity contribution is 0.0384. The normalized spacial score (nSPS) is 16.3. The maximum Gasteiger partial charge on any atom is 0.176 e. The minimum atomic E-state index is 0.160. The third-order valence-electron chi connectivity index (χ3n) is 3.89. The minimum Gasteiger partial charge on any atom is -0.379 e. The molecule has 1 aliphatic heterocycles. The van der Waals surface area contributed by atoms with Crippen molar-refractivity contribution >= 4 is 5.78 Å². The van der Waals surface area contributed by atoms with Crippen LogP contribution < -0.4 is 5.32 Å². The van der Waals surface area contributed by atoms with E-state index in [1.807, 2.05) is 24.3 Å². The van der Waals surface area contributed by atoms with Gasteiger partial charge >= 0.3 is 0 Å². The number of rotatable bonds is 7. The summed E-state index contributed by atoms with van der Waals surface area (Å²) in [7, 11) is 0. The predicted octanol–water partition coefficient (Wildman–Crippen LogP) is 1.91. The van der Waals surface area contributed by atoms with E-state index in [-0.39, 0.29) is 5.78 Å². The fourth-order valence-electron chi connectivity index (χ4n) is 2.42. The van der Waals surface area contributed by atoms with E-state index < -0.39 is 0 Å². The van der Waals surface area contributed by atoms with Crippen molar-refractivity contribution in [1.29, 1.82) is 0 Å². The third-order valence-corrected chi connectivity index (χ3v) is 3.89. The molecule has 1 fully saturated rings. The van der Waals surface area contributed by atoms with Crippen molar-refractivity contribution in [3.63, 3.8) is 0 Å². The Bertz CT molecular complexity index is 437. The minimum absolute atomic E-state index is 0.160. The van der Waals surface area contributed by atoms with Gasteiger partial charge in [-0.3, -0.25) is 9.69 Å². The van der Waals surface area contributed by atoms with Crippen molar-refractivity contribution in [3.05, 3.63) is 35.4 Å². The lowest BCUT2D eigenvalue weighted by Gasteiger charge is -2.26. The van der Waals surface area contributed by atoms with Crippen molar-refractivity contribution in [2.24, 2.45) is 0 Å². The van der Waals surface area contributed by atoms with Gasteiger partial charge in [-0.1, -0.05) is 38.1 Å². The Kier molecular flexibility index (Phi) is 6.36. The molecule has 0 amide bonds. The molecule has 116 valence electrons. The number of Topliss-reactive ketones (excluding diaryl/α,β-unsaturated/α-hetero) is 1. The summed E-state index contributed by atoms with van der Waals surface area (Å²) < 4.78 is 5.31. The smallest absolute Gasteiger partial charge is 0.176 e. The molecule has 4 nitrogen and oxygen atoms in total. The number of ketones is 1. The Morgan fingerprint density at radius 1 is 1.24 bits per heavy atom. The maximum atomic E-state index is 12.1. The van der Waals surface area contributed by atoms with Crippen LogP contribution in [0.3, 0.4) is 0 Å². The number of ether oxygens (including phenoxy) is 1. The largest absolute Gasteiger partial charge is 0.379 e. The summed E-state index contributed by atoms with van der Waals surface area (Å²) in [5.41, 5.74) is 2.06. The lowest BCUT2D eigenvalue weighted by atomic mass is 10.0. The summed E-state index contributed by atoms with van der Waals surface area (Å²) in [6.07, 6.45) is 0. The van der Waals surface area contributed by atoms with Crippen LogP contribution in [0, 0.1) is 0 Å². The van der Waals surface area contributed by atoms with E-state index in [0.29, 0.717) is 12.5 Å². The van der Waals surface area contributed by atoms with Gasteiger partial charge in [0.2, 0.25) is 0 Å². The topological polar surface area (TPSA) is 41.6 Å². The molecule has 2 rings (SSSR count).